The van der Waals surface area contributed by atoms with Crippen molar-refractivity contribution in [2.75, 3.05) is 5.32 Å². The average molecular weight is 277 g/mol. The van der Waals surface area contributed by atoms with Crippen molar-refractivity contribution >= 4 is 44.7 Å². The summed E-state index contributed by atoms with van der Waals surface area (Å²) in [6.45, 7) is 1.88. The van der Waals surface area contributed by atoms with Gasteiger partial charge in [0.15, 0.2) is 0 Å². The van der Waals surface area contributed by atoms with Crippen LogP contribution in [-0.2, 0) is 0 Å². The first-order valence-electron chi connectivity index (χ1n) is 5.31. The predicted molar refractivity (Wildman–Crippen MR) is 74.7 cm³/mol. The highest BCUT2D eigenvalue weighted by atomic mass is 35.5. The van der Waals surface area contributed by atoms with E-state index < -0.39 is 0 Å². The van der Waals surface area contributed by atoms with Crippen LogP contribution in [-0.4, -0.2) is 15.0 Å². The van der Waals surface area contributed by atoms with Gasteiger partial charge in [-0.15, -0.1) is 11.3 Å². The molecule has 0 saturated heterocycles. The summed E-state index contributed by atoms with van der Waals surface area (Å²) in [6.07, 6.45) is 1.45. The van der Waals surface area contributed by atoms with Crippen LogP contribution in [0.2, 0.25) is 5.15 Å². The Morgan fingerprint density at radius 3 is 3.00 bits per heavy atom. The molecule has 0 spiro atoms. The number of halogens is 1. The Morgan fingerprint density at radius 2 is 2.11 bits per heavy atom. The monoisotopic (exact) mass is 276 g/mol. The van der Waals surface area contributed by atoms with E-state index in [4.69, 9.17) is 11.6 Å². The van der Waals surface area contributed by atoms with Gasteiger partial charge < -0.3 is 5.32 Å². The molecule has 0 unspecified atom stereocenters. The van der Waals surface area contributed by atoms with Crippen molar-refractivity contribution in [3.63, 3.8) is 0 Å². The van der Waals surface area contributed by atoms with Crippen molar-refractivity contribution in [2.45, 2.75) is 6.92 Å². The predicted octanol–water partition coefficient (Wildman–Crippen LogP) is 3.79. The van der Waals surface area contributed by atoms with Crippen LogP contribution in [0.15, 0.2) is 30.0 Å². The average Bonchev–Trinajstić information content (AvgIpc) is 2.82. The minimum Gasteiger partial charge on any atom is -0.340 e. The van der Waals surface area contributed by atoms with Crippen molar-refractivity contribution in [2.24, 2.45) is 0 Å². The van der Waals surface area contributed by atoms with Gasteiger partial charge >= 0.3 is 0 Å². The lowest BCUT2D eigenvalue weighted by Gasteiger charge is -2.08. The highest BCUT2D eigenvalue weighted by Crippen LogP contribution is 2.26. The summed E-state index contributed by atoms with van der Waals surface area (Å²) >= 11 is 7.57. The van der Waals surface area contributed by atoms with E-state index in [-0.39, 0.29) is 0 Å². The summed E-state index contributed by atoms with van der Waals surface area (Å²) in [5.74, 6) is 0.721. The molecule has 1 aromatic carbocycles. The zero-order valence-electron chi connectivity index (χ0n) is 9.51. The molecule has 0 aliphatic heterocycles. The number of thiazole rings is 1. The zero-order valence-corrected chi connectivity index (χ0v) is 11.1. The lowest BCUT2D eigenvalue weighted by molar-refractivity contribution is 1.13. The number of anilines is 2. The van der Waals surface area contributed by atoms with Gasteiger partial charge in [-0.25, -0.2) is 15.0 Å². The van der Waals surface area contributed by atoms with E-state index in [0.717, 1.165) is 27.3 Å². The minimum atomic E-state index is 0.464. The van der Waals surface area contributed by atoms with E-state index in [2.05, 4.69) is 20.3 Å². The molecule has 2 heterocycles. The van der Waals surface area contributed by atoms with Crippen LogP contribution in [0, 0.1) is 6.92 Å². The second kappa shape index (κ2) is 4.51. The molecular weight excluding hydrogens is 268 g/mol. The molecule has 3 rings (SSSR count). The maximum Gasteiger partial charge on any atom is 0.138 e. The summed E-state index contributed by atoms with van der Waals surface area (Å²) in [7, 11) is 0. The van der Waals surface area contributed by atoms with Gasteiger partial charge in [0.1, 0.15) is 17.3 Å². The van der Waals surface area contributed by atoms with Gasteiger partial charge in [-0.1, -0.05) is 11.6 Å². The van der Waals surface area contributed by atoms with Gasteiger partial charge in [0.25, 0.3) is 0 Å². The Balaban J connectivity index is 1.98. The lowest BCUT2D eigenvalue weighted by Crippen LogP contribution is -1.97. The molecule has 0 aliphatic rings. The molecule has 0 fully saturated rings. The van der Waals surface area contributed by atoms with E-state index in [1.165, 1.54) is 6.33 Å². The standard InChI is InChI=1S/C12H9ClN4S/c1-7-11(13)14-5-15-12(7)17-8-2-3-9-10(4-8)18-6-16-9/h2-6H,1H3,(H,14,15,17). The zero-order chi connectivity index (χ0) is 12.5. The van der Waals surface area contributed by atoms with E-state index >= 15 is 0 Å². The molecule has 0 aliphatic carbocycles. The topological polar surface area (TPSA) is 50.7 Å². The Kier molecular flexibility index (Phi) is 2.85. The van der Waals surface area contributed by atoms with Gasteiger partial charge in [-0.05, 0) is 25.1 Å². The molecule has 3 aromatic rings. The normalized spacial score (nSPS) is 10.8. The first-order chi connectivity index (χ1) is 8.74. The van der Waals surface area contributed by atoms with Gasteiger partial charge in [0.05, 0.1) is 15.7 Å². The third-order valence-electron chi connectivity index (χ3n) is 2.62. The molecule has 0 saturated carbocycles. The van der Waals surface area contributed by atoms with Crippen LogP contribution < -0.4 is 5.32 Å². The molecule has 18 heavy (non-hydrogen) atoms. The van der Waals surface area contributed by atoms with Crippen LogP contribution in [0.1, 0.15) is 5.56 Å². The molecule has 90 valence electrons. The number of nitrogens with one attached hydrogen (secondary N) is 1. The fourth-order valence-electron chi connectivity index (χ4n) is 1.62. The summed E-state index contributed by atoms with van der Waals surface area (Å²) in [5, 5.41) is 3.70. The van der Waals surface area contributed by atoms with Gasteiger partial charge in [-0.2, -0.15) is 0 Å². The fraction of sp³-hybridized carbons (Fsp3) is 0.0833. The van der Waals surface area contributed by atoms with Crippen LogP contribution in [0.4, 0.5) is 11.5 Å². The summed E-state index contributed by atoms with van der Waals surface area (Å²) in [5.41, 5.74) is 4.64. The van der Waals surface area contributed by atoms with Crippen LogP contribution >= 0.6 is 22.9 Å². The molecule has 0 amide bonds. The number of fused-ring (bicyclic) bond motifs is 1. The second-order valence-electron chi connectivity index (χ2n) is 3.80. The Morgan fingerprint density at radius 1 is 1.22 bits per heavy atom. The Bertz CT molecular complexity index is 710. The van der Waals surface area contributed by atoms with Crippen molar-refractivity contribution in [3.8, 4) is 0 Å². The van der Waals surface area contributed by atoms with Crippen LogP contribution in [0.5, 0.6) is 0 Å². The highest BCUT2D eigenvalue weighted by molar-refractivity contribution is 7.16. The van der Waals surface area contributed by atoms with Crippen molar-refractivity contribution in [1.82, 2.24) is 15.0 Å². The highest BCUT2D eigenvalue weighted by Gasteiger charge is 2.06. The number of rotatable bonds is 2. The molecule has 0 atom stereocenters. The SMILES string of the molecule is Cc1c(Cl)ncnc1Nc1ccc2ncsc2c1. The Hall–Kier alpha value is -1.72. The van der Waals surface area contributed by atoms with E-state index in [1.54, 1.807) is 11.3 Å². The molecule has 2 aromatic heterocycles. The summed E-state index contributed by atoms with van der Waals surface area (Å²) in [6, 6.07) is 5.99. The van der Waals surface area contributed by atoms with Crippen LogP contribution in [0.25, 0.3) is 10.2 Å². The fourth-order valence-corrected chi connectivity index (χ4v) is 2.47. The smallest absolute Gasteiger partial charge is 0.138 e. The molecule has 0 radical (unpaired) electrons. The molecule has 6 heteroatoms. The van der Waals surface area contributed by atoms with Crippen molar-refractivity contribution in [1.29, 1.82) is 0 Å². The van der Waals surface area contributed by atoms with Gasteiger partial charge in [-0.3, -0.25) is 0 Å². The van der Waals surface area contributed by atoms with Gasteiger partial charge in [0.2, 0.25) is 0 Å². The second-order valence-corrected chi connectivity index (χ2v) is 5.04. The van der Waals surface area contributed by atoms with E-state index in [1.807, 2.05) is 30.6 Å². The summed E-state index contributed by atoms with van der Waals surface area (Å²) < 4.78 is 1.14. The maximum absolute atomic E-state index is 5.96. The third-order valence-corrected chi connectivity index (χ3v) is 3.79. The molecule has 4 nitrogen and oxygen atoms in total. The number of hydrogen-bond acceptors (Lipinski definition) is 5. The third kappa shape index (κ3) is 2.02. The Labute approximate surface area is 113 Å². The van der Waals surface area contributed by atoms with Gasteiger partial charge in [0, 0.05) is 11.3 Å². The quantitative estimate of drug-likeness (QED) is 0.724. The molecular formula is C12H9ClN4S. The number of benzene rings is 1. The number of nitrogens with zero attached hydrogens (tertiary/aromatic N) is 3. The number of aromatic nitrogens is 3. The largest absolute Gasteiger partial charge is 0.340 e. The molecule has 1 N–H and O–H groups in total. The lowest BCUT2D eigenvalue weighted by atomic mass is 10.3. The molecule has 0 bridgehead atoms. The van der Waals surface area contributed by atoms with Crippen LogP contribution in [0.3, 0.4) is 0 Å². The number of hydrogen-bond donors (Lipinski definition) is 1. The van der Waals surface area contributed by atoms with Crippen molar-refractivity contribution < 1.29 is 0 Å². The maximum atomic E-state index is 5.96. The first-order valence-corrected chi connectivity index (χ1v) is 6.57. The van der Waals surface area contributed by atoms with E-state index in [9.17, 15) is 0 Å². The van der Waals surface area contributed by atoms with E-state index in [0.29, 0.717) is 5.15 Å². The van der Waals surface area contributed by atoms with Crippen molar-refractivity contribution in [3.05, 3.63) is 40.8 Å². The summed E-state index contributed by atoms with van der Waals surface area (Å²) in [4.78, 5) is 12.4. The minimum absolute atomic E-state index is 0.464. The first kappa shape index (κ1) is 11.4.